The Morgan fingerprint density at radius 1 is 1.05 bits per heavy atom. The molecule has 0 aliphatic carbocycles. The summed E-state index contributed by atoms with van der Waals surface area (Å²) in [5, 5.41) is 0. The van der Waals surface area contributed by atoms with Crippen molar-refractivity contribution >= 4 is 5.78 Å². The van der Waals surface area contributed by atoms with Crippen molar-refractivity contribution in [2.24, 2.45) is 5.73 Å². The molecule has 0 heterocycles. The van der Waals surface area contributed by atoms with Gasteiger partial charge >= 0.3 is 0 Å². The minimum absolute atomic E-state index is 0.0614. The molecule has 1 unspecified atom stereocenters. The highest BCUT2D eigenvalue weighted by Crippen LogP contribution is 2.19. The summed E-state index contributed by atoms with van der Waals surface area (Å²) in [7, 11) is 3.68. The molecule has 2 rings (SSSR count). The highest BCUT2D eigenvalue weighted by atomic mass is 16.1. The molecule has 0 aliphatic heterocycles. The Morgan fingerprint density at radius 3 is 2.14 bits per heavy atom. The van der Waals surface area contributed by atoms with Crippen molar-refractivity contribution in [1.82, 2.24) is 4.90 Å². The van der Waals surface area contributed by atoms with E-state index in [4.69, 9.17) is 5.73 Å². The van der Waals surface area contributed by atoms with Crippen LogP contribution in [0.25, 0.3) is 0 Å². The van der Waals surface area contributed by atoms with Gasteiger partial charge in [-0.25, -0.2) is 0 Å². The van der Waals surface area contributed by atoms with Gasteiger partial charge in [0.2, 0.25) is 0 Å². The zero-order valence-corrected chi connectivity index (χ0v) is 12.8. The molecular weight excluding hydrogens is 260 g/mol. The van der Waals surface area contributed by atoms with Gasteiger partial charge < -0.3 is 5.73 Å². The van der Waals surface area contributed by atoms with Gasteiger partial charge in [-0.1, -0.05) is 60.2 Å². The molecule has 3 heteroatoms. The fourth-order valence-electron chi connectivity index (χ4n) is 2.30. The number of benzene rings is 2. The molecule has 3 nitrogen and oxygen atoms in total. The molecule has 0 saturated carbocycles. The Balaban J connectivity index is 2.32. The first kappa shape index (κ1) is 15.4. The van der Waals surface area contributed by atoms with Gasteiger partial charge in [0.1, 0.15) is 5.66 Å². The van der Waals surface area contributed by atoms with Gasteiger partial charge in [-0.3, -0.25) is 9.69 Å². The lowest BCUT2D eigenvalue weighted by atomic mass is 9.90. The van der Waals surface area contributed by atoms with Crippen LogP contribution in [-0.4, -0.2) is 30.4 Å². The zero-order valence-electron chi connectivity index (χ0n) is 12.8. The SMILES string of the molecule is Cc1ccc(CC(N)(C(=O)c2ccccc2)N(C)C)cc1. The van der Waals surface area contributed by atoms with E-state index in [2.05, 4.69) is 0 Å². The highest BCUT2D eigenvalue weighted by Gasteiger charge is 2.37. The van der Waals surface area contributed by atoms with Crippen molar-refractivity contribution in [3.63, 3.8) is 0 Å². The number of rotatable bonds is 5. The number of aryl methyl sites for hydroxylation is 1. The van der Waals surface area contributed by atoms with Crippen molar-refractivity contribution < 1.29 is 4.79 Å². The number of nitrogens with zero attached hydrogens (tertiary/aromatic N) is 1. The van der Waals surface area contributed by atoms with Crippen LogP contribution in [0, 0.1) is 6.92 Å². The number of carbonyl (C=O) groups excluding carboxylic acids is 1. The van der Waals surface area contributed by atoms with Gasteiger partial charge in [0, 0.05) is 12.0 Å². The molecule has 21 heavy (non-hydrogen) atoms. The maximum atomic E-state index is 12.8. The van der Waals surface area contributed by atoms with Crippen molar-refractivity contribution in [2.45, 2.75) is 19.0 Å². The lowest BCUT2D eigenvalue weighted by molar-refractivity contribution is 0.0691. The third-order valence-electron chi connectivity index (χ3n) is 3.82. The number of hydrogen-bond donors (Lipinski definition) is 1. The Kier molecular flexibility index (Phi) is 4.56. The summed E-state index contributed by atoms with van der Waals surface area (Å²) in [6.07, 6.45) is 0.480. The lowest BCUT2D eigenvalue weighted by Gasteiger charge is -2.35. The fourth-order valence-corrected chi connectivity index (χ4v) is 2.30. The summed E-state index contributed by atoms with van der Waals surface area (Å²) in [5.74, 6) is -0.0614. The van der Waals surface area contributed by atoms with Gasteiger partial charge in [0.15, 0.2) is 5.78 Å². The number of carbonyl (C=O) groups is 1. The van der Waals surface area contributed by atoms with Gasteiger partial charge in [-0.05, 0) is 26.6 Å². The maximum absolute atomic E-state index is 12.8. The average molecular weight is 282 g/mol. The van der Waals surface area contributed by atoms with E-state index >= 15 is 0 Å². The molecule has 0 spiro atoms. The summed E-state index contributed by atoms with van der Waals surface area (Å²) in [6.45, 7) is 2.04. The number of ketones is 1. The summed E-state index contributed by atoms with van der Waals surface area (Å²) in [4.78, 5) is 14.6. The highest BCUT2D eigenvalue weighted by molar-refractivity contribution is 6.02. The first-order valence-electron chi connectivity index (χ1n) is 7.05. The van der Waals surface area contributed by atoms with Gasteiger partial charge in [-0.2, -0.15) is 0 Å². The molecule has 110 valence electrons. The van der Waals surface area contributed by atoms with Crippen LogP contribution in [0.5, 0.6) is 0 Å². The van der Waals surface area contributed by atoms with E-state index in [1.54, 1.807) is 4.90 Å². The number of likely N-dealkylation sites (N-methyl/N-ethyl adjacent to an activating group) is 1. The van der Waals surface area contributed by atoms with Crippen LogP contribution in [-0.2, 0) is 6.42 Å². The Bertz CT molecular complexity index is 605. The molecule has 2 aromatic rings. The Labute approximate surface area is 126 Å². The third-order valence-corrected chi connectivity index (χ3v) is 3.82. The van der Waals surface area contributed by atoms with E-state index < -0.39 is 5.66 Å². The van der Waals surface area contributed by atoms with Crippen molar-refractivity contribution in [3.8, 4) is 0 Å². The second-order valence-corrected chi connectivity index (χ2v) is 5.68. The lowest BCUT2D eigenvalue weighted by Crippen LogP contribution is -2.60. The first-order valence-corrected chi connectivity index (χ1v) is 7.05. The van der Waals surface area contributed by atoms with E-state index in [0.29, 0.717) is 12.0 Å². The smallest absolute Gasteiger partial charge is 0.197 e. The number of hydrogen-bond acceptors (Lipinski definition) is 3. The quantitative estimate of drug-likeness (QED) is 0.677. The topological polar surface area (TPSA) is 46.3 Å². The first-order chi connectivity index (χ1) is 9.93. The number of nitrogens with two attached hydrogens (primary N) is 1. The van der Waals surface area contributed by atoms with Gasteiger partial charge in [-0.15, -0.1) is 0 Å². The van der Waals surface area contributed by atoms with E-state index in [9.17, 15) is 4.79 Å². The van der Waals surface area contributed by atoms with Gasteiger partial charge in [0.05, 0.1) is 0 Å². The molecule has 0 bridgehead atoms. The van der Waals surface area contributed by atoms with Crippen LogP contribution in [0.2, 0.25) is 0 Å². The molecule has 0 aliphatic rings. The molecule has 0 amide bonds. The van der Waals surface area contributed by atoms with Crippen LogP contribution in [0.4, 0.5) is 0 Å². The summed E-state index contributed by atoms with van der Waals surface area (Å²) in [5.41, 5.74) is 8.31. The predicted octanol–water partition coefficient (Wildman–Crippen LogP) is 2.64. The van der Waals surface area contributed by atoms with Crippen LogP contribution in [0.1, 0.15) is 21.5 Å². The summed E-state index contributed by atoms with van der Waals surface area (Å²) in [6, 6.07) is 17.4. The van der Waals surface area contributed by atoms with E-state index in [-0.39, 0.29) is 5.78 Å². The molecule has 0 aromatic heterocycles. The van der Waals surface area contributed by atoms with E-state index in [1.165, 1.54) is 5.56 Å². The Hall–Kier alpha value is -1.97. The minimum atomic E-state index is -1.05. The standard InChI is InChI=1S/C18H22N2O/c1-14-9-11-15(12-10-14)13-18(19,20(2)3)17(21)16-7-5-4-6-8-16/h4-12H,13,19H2,1-3H3. The van der Waals surface area contributed by atoms with Crippen LogP contribution in [0.15, 0.2) is 54.6 Å². The largest absolute Gasteiger partial charge is 0.306 e. The number of Topliss-reactive ketones (excluding diaryl/α,β-unsaturated/α-hetero) is 1. The van der Waals surface area contributed by atoms with Crippen molar-refractivity contribution in [3.05, 3.63) is 71.3 Å². The normalized spacial score (nSPS) is 14.0. The second-order valence-electron chi connectivity index (χ2n) is 5.68. The predicted molar refractivity (Wildman–Crippen MR) is 86.3 cm³/mol. The molecule has 2 aromatic carbocycles. The summed E-state index contributed by atoms with van der Waals surface area (Å²) < 4.78 is 0. The molecule has 0 saturated heterocycles. The van der Waals surface area contributed by atoms with Crippen molar-refractivity contribution in [2.75, 3.05) is 14.1 Å². The molecule has 2 N–H and O–H groups in total. The maximum Gasteiger partial charge on any atom is 0.197 e. The molecule has 0 radical (unpaired) electrons. The van der Waals surface area contributed by atoms with Crippen LogP contribution >= 0.6 is 0 Å². The van der Waals surface area contributed by atoms with Crippen LogP contribution < -0.4 is 5.73 Å². The molecule has 0 fully saturated rings. The molecule has 1 atom stereocenters. The Morgan fingerprint density at radius 2 is 1.62 bits per heavy atom. The molecular formula is C18H22N2O. The van der Waals surface area contributed by atoms with Crippen LogP contribution in [0.3, 0.4) is 0 Å². The van der Waals surface area contributed by atoms with E-state index in [1.807, 2.05) is 75.6 Å². The third kappa shape index (κ3) is 3.38. The summed E-state index contributed by atoms with van der Waals surface area (Å²) >= 11 is 0. The van der Waals surface area contributed by atoms with E-state index in [0.717, 1.165) is 5.56 Å². The average Bonchev–Trinajstić information content (AvgIpc) is 2.49. The van der Waals surface area contributed by atoms with Crippen molar-refractivity contribution in [1.29, 1.82) is 0 Å². The van der Waals surface area contributed by atoms with Gasteiger partial charge in [0.25, 0.3) is 0 Å². The second kappa shape index (κ2) is 6.20. The zero-order chi connectivity index (χ0) is 15.5. The fraction of sp³-hybridized carbons (Fsp3) is 0.278. The monoisotopic (exact) mass is 282 g/mol. The minimum Gasteiger partial charge on any atom is -0.306 e.